The van der Waals surface area contributed by atoms with Crippen molar-refractivity contribution in [2.24, 2.45) is 23.7 Å². The van der Waals surface area contributed by atoms with E-state index < -0.39 is 5.97 Å². The molecule has 0 N–H and O–H groups in total. The monoisotopic (exact) mass is 365 g/mol. The standard InChI is InChI=1S/C20H15NO4S/c22-18-16-11-7-8-12(10-11)17(16)19(23)21(18)13-4-1-2-5-14(13)25-20(24)15-6-3-9-26-15/h1-9,11-12,16-17H,10H2. The van der Waals surface area contributed by atoms with Crippen LogP contribution in [0, 0.1) is 23.7 Å². The van der Waals surface area contributed by atoms with Crippen LogP contribution in [-0.4, -0.2) is 17.8 Å². The van der Waals surface area contributed by atoms with Crippen molar-refractivity contribution in [3.8, 4) is 5.75 Å². The molecule has 2 heterocycles. The van der Waals surface area contributed by atoms with E-state index in [0.717, 1.165) is 6.42 Å². The summed E-state index contributed by atoms with van der Waals surface area (Å²) < 4.78 is 5.50. The number of esters is 1. The van der Waals surface area contributed by atoms with Gasteiger partial charge in [-0.2, -0.15) is 0 Å². The fourth-order valence-electron chi connectivity index (χ4n) is 4.41. The van der Waals surface area contributed by atoms with Gasteiger partial charge in [0.1, 0.15) is 4.88 Å². The van der Waals surface area contributed by atoms with Crippen LogP contribution in [0.1, 0.15) is 16.1 Å². The van der Waals surface area contributed by atoms with Crippen LogP contribution in [0.3, 0.4) is 0 Å². The molecule has 0 spiro atoms. The number of imide groups is 1. The molecular formula is C20H15NO4S. The number of carbonyl (C=O) groups excluding carboxylic acids is 3. The first-order valence-corrected chi connectivity index (χ1v) is 9.44. The number of allylic oxidation sites excluding steroid dienone is 2. The lowest BCUT2D eigenvalue weighted by molar-refractivity contribution is -0.123. The molecule has 3 aliphatic rings. The molecule has 1 aromatic heterocycles. The molecule has 2 aromatic rings. The number of anilines is 1. The Morgan fingerprint density at radius 3 is 2.35 bits per heavy atom. The molecule has 1 saturated heterocycles. The van der Waals surface area contributed by atoms with E-state index >= 15 is 0 Å². The number of ether oxygens (including phenoxy) is 1. The largest absolute Gasteiger partial charge is 0.420 e. The van der Waals surface area contributed by atoms with Gasteiger partial charge in [0.05, 0.1) is 17.5 Å². The van der Waals surface area contributed by atoms with Crippen molar-refractivity contribution < 1.29 is 19.1 Å². The smallest absolute Gasteiger partial charge is 0.353 e. The van der Waals surface area contributed by atoms with Crippen LogP contribution in [0.15, 0.2) is 53.9 Å². The highest BCUT2D eigenvalue weighted by Crippen LogP contribution is 2.53. The van der Waals surface area contributed by atoms with Gasteiger partial charge in [-0.05, 0) is 41.8 Å². The minimum atomic E-state index is -0.492. The van der Waals surface area contributed by atoms with E-state index in [2.05, 4.69) is 12.2 Å². The summed E-state index contributed by atoms with van der Waals surface area (Å²) in [6, 6.07) is 10.2. The van der Waals surface area contributed by atoms with Crippen LogP contribution in [-0.2, 0) is 9.59 Å². The molecular weight excluding hydrogens is 350 g/mol. The maximum atomic E-state index is 13.0. The zero-order chi connectivity index (χ0) is 17.8. The first kappa shape index (κ1) is 15.5. The number of amides is 2. The second-order valence-corrected chi connectivity index (χ2v) is 7.79. The van der Waals surface area contributed by atoms with Crippen molar-refractivity contribution in [2.45, 2.75) is 6.42 Å². The summed E-state index contributed by atoms with van der Waals surface area (Å²) in [6.07, 6.45) is 5.00. The molecule has 1 aromatic carbocycles. The molecule has 26 heavy (non-hydrogen) atoms. The van der Waals surface area contributed by atoms with Gasteiger partial charge in [0.25, 0.3) is 0 Å². The molecule has 1 saturated carbocycles. The SMILES string of the molecule is O=C(Oc1ccccc1N1C(=O)C2C3C=CC(C3)C2C1=O)c1cccs1. The minimum absolute atomic E-state index is 0.146. The second kappa shape index (κ2) is 5.64. The number of fused-ring (bicyclic) bond motifs is 5. The Bertz CT molecular complexity index is 918. The second-order valence-electron chi connectivity index (χ2n) is 6.85. The van der Waals surface area contributed by atoms with E-state index in [9.17, 15) is 14.4 Å². The van der Waals surface area contributed by atoms with Gasteiger partial charge in [-0.25, -0.2) is 9.69 Å². The third-order valence-electron chi connectivity index (χ3n) is 5.50. The number of hydrogen-bond acceptors (Lipinski definition) is 5. The zero-order valence-electron chi connectivity index (χ0n) is 13.7. The Kier molecular flexibility index (Phi) is 3.37. The molecule has 6 heteroatoms. The van der Waals surface area contributed by atoms with Gasteiger partial charge < -0.3 is 4.74 Å². The summed E-state index contributed by atoms with van der Waals surface area (Å²) in [6.45, 7) is 0. The third kappa shape index (κ3) is 2.12. The van der Waals surface area contributed by atoms with Gasteiger partial charge in [-0.15, -0.1) is 11.3 Å². The molecule has 5 rings (SSSR count). The maximum Gasteiger partial charge on any atom is 0.353 e. The van der Waals surface area contributed by atoms with Crippen molar-refractivity contribution in [3.05, 3.63) is 58.8 Å². The van der Waals surface area contributed by atoms with Gasteiger partial charge in [0.2, 0.25) is 11.8 Å². The number of hydrogen-bond donors (Lipinski definition) is 0. The lowest BCUT2D eigenvalue weighted by Gasteiger charge is -2.19. The number of para-hydroxylation sites is 2. The Labute approximate surface area is 153 Å². The highest BCUT2D eigenvalue weighted by Gasteiger charge is 2.59. The van der Waals surface area contributed by atoms with Crippen LogP contribution in [0.25, 0.3) is 0 Å². The summed E-state index contributed by atoms with van der Waals surface area (Å²) in [5, 5.41) is 1.79. The fraction of sp³-hybridized carbons (Fsp3) is 0.250. The topological polar surface area (TPSA) is 63.7 Å². The Morgan fingerprint density at radius 2 is 1.69 bits per heavy atom. The average Bonchev–Trinajstić information content (AvgIpc) is 3.41. The summed E-state index contributed by atoms with van der Waals surface area (Å²) in [7, 11) is 0. The Balaban J connectivity index is 1.49. The molecule has 1 aliphatic heterocycles. The highest BCUT2D eigenvalue weighted by atomic mass is 32.1. The van der Waals surface area contributed by atoms with Crippen molar-refractivity contribution in [3.63, 3.8) is 0 Å². The first-order valence-electron chi connectivity index (χ1n) is 8.56. The Hall–Kier alpha value is -2.73. The fourth-order valence-corrected chi connectivity index (χ4v) is 5.01. The zero-order valence-corrected chi connectivity index (χ0v) is 14.5. The van der Waals surface area contributed by atoms with Gasteiger partial charge >= 0.3 is 5.97 Å². The number of thiophene rings is 1. The van der Waals surface area contributed by atoms with Crippen molar-refractivity contribution >= 4 is 34.8 Å². The quantitative estimate of drug-likeness (QED) is 0.362. The predicted octanol–water partition coefficient (Wildman–Crippen LogP) is 3.28. The summed E-state index contributed by atoms with van der Waals surface area (Å²) in [5.41, 5.74) is 0.348. The number of rotatable bonds is 3. The molecule has 2 fully saturated rings. The summed E-state index contributed by atoms with van der Waals surface area (Å²) in [4.78, 5) is 40.0. The van der Waals surface area contributed by atoms with Crippen LogP contribution < -0.4 is 9.64 Å². The minimum Gasteiger partial charge on any atom is -0.420 e. The van der Waals surface area contributed by atoms with E-state index in [1.165, 1.54) is 16.2 Å². The summed E-state index contributed by atoms with van der Waals surface area (Å²) in [5.74, 6) is -0.897. The van der Waals surface area contributed by atoms with Crippen LogP contribution in [0.5, 0.6) is 5.75 Å². The van der Waals surface area contributed by atoms with Gasteiger partial charge in [0, 0.05) is 0 Å². The number of carbonyl (C=O) groups is 3. The molecule has 2 aliphatic carbocycles. The highest BCUT2D eigenvalue weighted by molar-refractivity contribution is 7.12. The van der Waals surface area contributed by atoms with E-state index in [4.69, 9.17) is 4.74 Å². The molecule has 5 nitrogen and oxygen atoms in total. The predicted molar refractivity (Wildman–Crippen MR) is 95.9 cm³/mol. The number of benzene rings is 1. The molecule has 4 unspecified atom stereocenters. The molecule has 2 amide bonds. The molecule has 4 atom stereocenters. The molecule has 0 radical (unpaired) electrons. The van der Waals surface area contributed by atoms with E-state index in [1.54, 1.807) is 41.8 Å². The van der Waals surface area contributed by atoms with Gasteiger partial charge in [-0.1, -0.05) is 30.4 Å². The first-order chi connectivity index (χ1) is 12.6. The van der Waals surface area contributed by atoms with E-state index in [0.29, 0.717) is 10.6 Å². The third-order valence-corrected chi connectivity index (χ3v) is 6.35. The van der Waals surface area contributed by atoms with Crippen molar-refractivity contribution in [1.82, 2.24) is 0 Å². The lowest BCUT2D eigenvalue weighted by atomic mass is 9.85. The number of nitrogens with zero attached hydrogens (tertiary/aromatic N) is 1. The molecule has 130 valence electrons. The van der Waals surface area contributed by atoms with Gasteiger partial charge in [-0.3, -0.25) is 9.59 Å². The molecule has 2 bridgehead atoms. The average molecular weight is 365 g/mol. The van der Waals surface area contributed by atoms with Gasteiger partial charge in [0.15, 0.2) is 5.75 Å². The van der Waals surface area contributed by atoms with Crippen LogP contribution >= 0.6 is 11.3 Å². The summed E-state index contributed by atoms with van der Waals surface area (Å²) >= 11 is 1.28. The van der Waals surface area contributed by atoms with Crippen LogP contribution in [0.4, 0.5) is 5.69 Å². The maximum absolute atomic E-state index is 13.0. The lowest BCUT2D eigenvalue weighted by Crippen LogP contribution is -2.33. The normalized spacial score (nSPS) is 28.7. The van der Waals surface area contributed by atoms with E-state index in [-0.39, 0.29) is 41.2 Å². The van der Waals surface area contributed by atoms with E-state index in [1.807, 2.05) is 0 Å². The van der Waals surface area contributed by atoms with Crippen LogP contribution in [0.2, 0.25) is 0 Å². The van der Waals surface area contributed by atoms with Crippen molar-refractivity contribution in [1.29, 1.82) is 0 Å². The Morgan fingerprint density at radius 1 is 1.00 bits per heavy atom. The van der Waals surface area contributed by atoms with Crippen molar-refractivity contribution in [2.75, 3.05) is 4.90 Å².